The molecule has 1 unspecified atom stereocenters. The molecule has 0 radical (unpaired) electrons. The fraction of sp³-hybridized carbons (Fsp3) is 0.333. The summed E-state index contributed by atoms with van der Waals surface area (Å²) in [4.78, 5) is 0. The quantitative estimate of drug-likeness (QED) is 0.841. The summed E-state index contributed by atoms with van der Waals surface area (Å²) in [6, 6.07) is 7.15. The average molecular weight is 324 g/mol. The molecule has 1 aromatic heterocycles. The van der Waals surface area contributed by atoms with Crippen LogP contribution >= 0.6 is 15.9 Å². The lowest BCUT2D eigenvalue weighted by molar-refractivity contribution is 0.156. The first-order valence-corrected chi connectivity index (χ1v) is 7.22. The van der Waals surface area contributed by atoms with E-state index in [0.717, 1.165) is 41.9 Å². The van der Waals surface area contributed by atoms with Gasteiger partial charge in [-0.2, -0.15) is 0 Å². The van der Waals surface area contributed by atoms with Gasteiger partial charge in [-0.15, -0.1) is 0 Å². The Labute approximate surface area is 120 Å². The number of nitrogens with zero attached hydrogens (tertiary/aromatic N) is 1. The van der Waals surface area contributed by atoms with Crippen molar-refractivity contribution >= 4 is 15.9 Å². The summed E-state index contributed by atoms with van der Waals surface area (Å²) < 4.78 is 16.2. The molecule has 1 aromatic carbocycles. The van der Waals surface area contributed by atoms with Crippen molar-refractivity contribution in [2.75, 3.05) is 0 Å². The van der Waals surface area contributed by atoms with E-state index in [1.165, 1.54) is 6.07 Å². The van der Waals surface area contributed by atoms with Crippen molar-refractivity contribution in [3.63, 3.8) is 0 Å². The number of benzene rings is 1. The molecular formula is C15H15BrFNO. The lowest BCUT2D eigenvalue weighted by Crippen LogP contribution is -2.11. The van der Waals surface area contributed by atoms with Gasteiger partial charge in [0.2, 0.25) is 0 Å². The van der Waals surface area contributed by atoms with Gasteiger partial charge in [-0.05, 0) is 66.4 Å². The van der Waals surface area contributed by atoms with Crippen LogP contribution in [0.3, 0.4) is 0 Å². The molecule has 2 nitrogen and oxygen atoms in total. The first-order valence-electron chi connectivity index (χ1n) is 6.42. The van der Waals surface area contributed by atoms with Crippen LogP contribution in [0.5, 0.6) is 0 Å². The van der Waals surface area contributed by atoms with Gasteiger partial charge in [-0.25, -0.2) is 4.39 Å². The van der Waals surface area contributed by atoms with Gasteiger partial charge in [0.1, 0.15) is 5.82 Å². The Balaban J connectivity index is 2.17. The molecule has 0 saturated carbocycles. The molecule has 100 valence electrons. The van der Waals surface area contributed by atoms with Gasteiger partial charge in [0, 0.05) is 22.6 Å². The molecule has 0 aliphatic heterocycles. The Morgan fingerprint density at radius 1 is 1.37 bits per heavy atom. The Kier molecular flexibility index (Phi) is 3.23. The van der Waals surface area contributed by atoms with E-state index in [0.29, 0.717) is 4.47 Å². The van der Waals surface area contributed by atoms with Crippen molar-refractivity contribution in [3.05, 3.63) is 51.5 Å². The number of aryl methyl sites for hydroxylation is 1. The second-order valence-electron chi connectivity index (χ2n) is 5.03. The van der Waals surface area contributed by atoms with Crippen LogP contribution in [0.1, 0.15) is 35.9 Å². The molecule has 1 aliphatic carbocycles. The van der Waals surface area contributed by atoms with Gasteiger partial charge < -0.3 is 9.67 Å². The number of aliphatic hydroxyl groups excluding tert-OH is 1. The Bertz CT molecular complexity index is 635. The molecule has 2 aromatic rings. The van der Waals surface area contributed by atoms with Crippen LogP contribution in [0.4, 0.5) is 4.39 Å². The molecule has 4 heteroatoms. The zero-order chi connectivity index (χ0) is 13.6. The minimum absolute atomic E-state index is 0.268. The predicted molar refractivity (Wildman–Crippen MR) is 76.1 cm³/mol. The number of halogens is 2. The number of hydrogen-bond donors (Lipinski definition) is 1. The van der Waals surface area contributed by atoms with Crippen LogP contribution < -0.4 is 0 Å². The SMILES string of the molecule is Cc1cc2c(n1-c1ccc(Br)c(F)c1)CCCC2O. The van der Waals surface area contributed by atoms with E-state index < -0.39 is 0 Å². The first kappa shape index (κ1) is 12.9. The standard InChI is InChI=1S/C15H15BrFNO/c1-9-7-11-14(3-2-4-15(11)19)18(9)10-5-6-12(16)13(17)8-10/h5-8,15,19H,2-4H2,1H3. The van der Waals surface area contributed by atoms with Crippen LogP contribution in [-0.4, -0.2) is 9.67 Å². The first-order chi connectivity index (χ1) is 9.08. The summed E-state index contributed by atoms with van der Waals surface area (Å²) in [7, 11) is 0. The predicted octanol–water partition coefficient (Wildman–Crippen LogP) is 4.06. The third-order valence-corrected chi connectivity index (χ3v) is 4.37. The van der Waals surface area contributed by atoms with Crippen LogP contribution in [0.2, 0.25) is 0 Å². The number of aliphatic hydroxyl groups is 1. The summed E-state index contributed by atoms with van der Waals surface area (Å²) in [5.41, 5.74) is 3.95. The molecule has 1 heterocycles. The molecule has 0 saturated heterocycles. The van der Waals surface area contributed by atoms with Crippen molar-refractivity contribution < 1.29 is 9.50 Å². The third kappa shape index (κ3) is 2.13. The molecular weight excluding hydrogens is 309 g/mol. The van der Waals surface area contributed by atoms with Crippen LogP contribution in [0.15, 0.2) is 28.7 Å². The van der Waals surface area contributed by atoms with Crippen LogP contribution in [0, 0.1) is 12.7 Å². The summed E-state index contributed by atoms with van der Waals surface area (Å²) in [6.07, 6.45) is 2.32. The van der Waals surface area contributed by atoms with Crippen LogP contribution in [-0.2, 0) is 6.42 Å². The summed E-state index contributed by atoms with van der Waals surface area (Å²) in [5, 5.41) is 10.0. The van der Waals surface area contributed by atoms with Gasteiger partial charge in [-0.1, -0.05) is 0 Å². The molecule has 0 bridgehead atoms. The third-order valence-electron chi connectivity index (χ3n) is 3.73. The second kappa shape index (κ2) is 4.76. The molecule has 1 N–H and O–H groups in total. The minimum Gasteiger partial charge on any atom is -0.388 e. The summed E-state index contributed by atoms with van der Waals surface area (Å²) >= 11 is 3.17. The number of rotatable bonds is 1. The van der Waals surface area contributed by atoms with Gasteiger partial charge in [0.25, 0.3) is 0 Å². The number of hydrogen-bond acceptors (Lipinski definition) is 1. The second-order valence-corrected chi connectivity index (χ2v) is 5.88. The van der Waals surface area contributed by atoms with Crippen LogP contribution in [0.25, 0.3) is 5.69 Å². The highest BCUT2D eigenvalue weighted by Crippen LogP contribution is 2.34. The maximum absolute atomic E-state index is 13.7. The van der Waals surface area contributed by atoms with Gasteiger partial charge >= 0.3 is 0 Å². The van der Waals surface area contributed by atoms with E-state index in [-0.39, 0.29) is 11.9 Å². The van der Waals surface area contributed by atoms with E-state index in [1.807, 2.05) is 23.6 Å². The monoisotopic (exact) mass is 323 g/mol. The highest BCUT2D eigenvalue weighted by molar-refractivity contribution is 9.10. The van der Waals surface area contributed by atoms with Crippen molar-refractivity contribution in [1.29, 1.82) is 0 Å². The number of aromatic nitrogens is 1. The number of fused-ring (bicyclic) bond motifs is 1. The topological polar surface area (TPSA) is 25.2 Å². The summed E-state index contributed by atoms with van der Waals surface area (Å²) in [5.74, 6) is -0.268. The summed E-state index contributed by atoms with van der Waals surface area (Å²) in [6.45, 7) is 1.99. The molecule has 0 fully saturated rings. The normalized spacial score (nSPS) is 18.4. The van der Waals surface area contributed by atoms with E-state index in [4.69, 9.17) is 0 Å². The molecule has 1 aliphatic rings. The smallest absolute Gasteiger partial charge is 0.139 e. The van der Waals surface area contributed by atoms with Crippen molar-refractivity contribution in [3.8, 4) is 5.69 Å². The van der Waals surface area contributed by atoms with Crippen molar-refractivity contribution in [1.82, 2.24) is 4.57 Å². The van der Waals surface area contributed by atoms with E-state index in [9.17, 15) is 9.50 Å². The average Bonchev–Trinajstić information content (AvgIpc) is 2.71. The van der Waals surface area contributed by atoms with Crippen molar-refractivity contribution in [2.24, 2.45) is 0 Å². The highest BCUT2D eigenvalue weighted by atomic mass is 79.9. The van der Waals surface area contributed by atoms with E-state index >= 15 is 0 Å². The molecule has 0 spiro atoms. The van der Waals surface area contributed by atoms with E-state index in [2.05, 4.69) is 15.9 Å². The zero-order valence-electron chi connectivity index (χ0n) is 10.7. The maximum Gasteiger partial charge on any atom is 0.139 e. The Morgan fingerprint density at radius 2 is 2.16 bits per heavy atom. The van der Waals surface area contributed by atoms with E-state index in [1.54, 1.807) is 6.07 Å². The Morgan fingerprint density at radius 3 is 2.89 bits per heavy atom. The lowest BCUT2D eigenvalue weighted by Gasteiger charge is -2.20. The fourth-order valence-electron chi connectivity index (χ4n) is 2.86. The minimum atomic E-state index is -0.385. The maximum atomic E-state index is 13.7. The Hall–Kier alpha value is -1.13. The molecule has 0 amide bonds. The van der Waals surface area contributed by atoms with Gasteiger partial charge in [-0.3, -0.25) is 0 Å². The zero-order valence-corrected chi connectivity index (χ0v) is 12.2. The highest BCUT2D eigenvalue weighted by Gasteiger charge is 2.23. The fourth-order valence-corrected chi connectivity index (χ4v) is 3.11. The molecule has 19 heavy (non-hydrogen) atoms. The largest absolute Gasteiger partial charge is 0.388 e. The lowest BCUT2D eigenvalue weighted by atomic mass is 9.95. The molecule has 1 atom stereocenters. The van der Waals surface area contributed by atoms with Gasteiger partial charge in [0.15, 0.2) is 0 Å². The van der Waals surface area contributed by atoms with Gasteiger partial charge in [0.05, 0.1) is 10.6 Å². The van der Waals surface area contributed by atoms with Crippen molar-refractivity contribution in [2.45, 2.75) is 32.3 Å². The molecule has 3 rings (SSSR count).